The molecule has 0 bridgehead atoms. The number of aryl methyl sites for hydroxylation is 1. The molecule has 1 aliphatic heterocycles. The van der Waals surface area contributed by atoms with E-state index < -0.39 is 0 Å². The summed E-state index contributed by atoms with van der Waals surface area (Å²) in [5, 5.41) is 4.93. The largest absolute Gasteiger partial charge is 0.347 e. The molecule has 5 nitrogen and oxygen atoms in total. The van der Waals surface area contributed by atoms with Gasteiger partial charge < -0.3 is 10.2 Å². The zero-order valence-corrected chi connectivity index (χ0v) is 13.1. The lowest BCUT2D eigenvalue weighted by atomic mass is 10.2. The first-order valence-electron chi connectivity index (χ1n) is 7.20. The molecule has 1 fully saturated rings. The van der Waals surface area contributed by atoms with Gasteiger partial charge in [0.15, 0.2) is 0 Å². The Labute approximate surface area is 133 Å². The minimum absolute atomic E-state index is 0.00154. The molecule has 1 N–H and O–H groups in total. The number of hydrogen-bond acceptors (Lipinski definition) is 4. The maximum Gasteiger partial charge on any atom is 0.272 e. The minimum atomic E-state index is -0.0790. The second-order valence-electron chi connectivity index (χ2n) is 5.36. The molecule has 1 atom stereocenters. The number of aromatic nitrogens is 1. The highest BCUT2D eigenvalue weighted by Crippen LogP contribution is 2.17. The number of thiophene rings is 1. The highest BCUT2D eigenvalue weighted by atomic mass is 32.1. The van der Waals surface area contributed by atoms with E-state index in [1.54, 1.807) is 29.3 Å². The van der Waals surface area contributed by atoms with Crippen molar-refractivity contribution in [2.45, 2.75) is 19.4 Å². The molecule has 114 valence electrons. The molecule has 0 radical (unpaired) electrons. The summed E-state index contributed by atoms with van der Waals surface area (Å²) in [5.74, 6) is -0.130. The second-order valence-corrected chi connectivity index (χ2v) is 6.27. The number of nitrogens with zero attached hydrogens (tertiary/aromatic N) is 2. The molecule has 0 unspecified atom stereocenters. The molecular weight excluding hydrogens is 298 g/mol. The van der Waals surface area contributed by atoms with Crippen LogP contribution in [0.15, 0.2) is 35.8 Å². The Morgan fingerprint density at radius 1 is 1.36 bits per heavy atom. The molecule has 2 amide bonds. The van der Waals surface area contributed by atoms with Gasteiger partial charge in [-0.2, -0.15) is 0 Å². The summed E-state index contributed by atoms with van der Waals surface area (Å²) in [7, 11) is 0. The van der Waals surface area contributed by atoms with E-state index in [1.165, 1.54) is 11.3 Å². The Morgan fingerprint density at radius 2 is 2.23 bits per heavy atom. The van der Waals surface area contributed by atoms with Gasteiger partial charge in [-0.3, -0.25) is 14.6 Å². The van der Waals surface area contributed by atoms with Crippen molar-refractivity contribution in [3.63, 3.8) is 0 Å². The summed E-state index contributed by atoms with van der Waals surface area (Å²) in [6.45, 7) is 3.10. The summed E-state index contributed by atoms with van der Waals surface area (Å²) in [6, 6.07) is 7.23. The predicted molar refractivity (Wildman–Crippen MR) is 85.1 cm³/mol. The molecule has 22 heavy (non-hydrogen) atoms. The fourth-order valence-electron chi connectivity index (χ4n) is 2.57. The molecule has 3 heterocycles. The first-order chi connectivity index (χ1) is 10.6. The minimum Gasteiger partial charge on any atom is -0.347 e. The molecule has 6 heteroatoms. The number of amides is 2. The highest BCUT2D eigenvalue weighted by molar-refractivity contribution is 7.12. The lowest BCUT2D eigenvalue weighted by molar-refractivity contribution is 0.0778. The normalized spacial score (nSPS) is 17.5. The monoisotopic (exact) mass is 315 g/mol. The summed E-state index contributed by atoms with van der Waals surface area (Å²) in [5.41, 5.74) is 1.44. The van der Waals surface area contributed by atoms with Crippen molar-refractivity contribution >= 4 is 23.2 Å². The number of carbonyl (C=O) groups is 2. The van der Waals surface area contributed by atoms with Crippen LogP contribution in [-0.4, -0.2) is 40.8 Å². The van der Waals surface area contributed by atoms with E-state index in [0.29, 0.717) is 18.8 Å². The predicted octanol–water partition coefficient (Wildman–Crippen LogP) is 2.10. The van der Waals surface area contributed by atoms with Crippen molar-refractivity contribution in [3.05, 3.63) is 52.0 Å². The smallest absolute Gasteiger partial charge is 0.272 e. The number of nitrogens with one attached hydrogen (secondary N) is 1. The quantitative estimate of drug-likeness (QED) is 0.943. The first kappa shape index (κ1) is 14.7. The molecule has 0 aromatic carbocycles. The third-order valence-electron chi connectivity index (χ3n) is 3.76. The lowest BCUT2D eigenvalue weighted by Crippen LogP contribution is -2.38. The lowest BCUT2D eigenvalue weighted by Gasteiger charge is -2.16. The van der Waals surface area contributed by atoms with Crippen LogP contribution in [0, 0.1) is 6.92 Å². The fraction of sp³-hybridized carbons (Fsp3) is 0.312. The summed E-state index contributed by atoms with van der Waals surface area (Å²) in [6.07, 6.45) is 2.39. The molecule has 2 aromatic heterocycles. The van der Waals surface area contributed by atoms with Gasteiger partial charge in [0.05, 0.1) is 4.88 Å². The van der Waals surface area contributed by atoms with Crippen LogP contribution in [0.2, 0.25) is 0 Å². The number of likely N-dealkylation sites (tertiary alicyclic amines) is 1. The van der Waals surface area contributed by atoms with Gasteiger partial charge in [0.1, 0.15) is 5.69 Å². The van der Waals surface area contributed by atoms with E-state index in [4.69, 9.17) is 0 Å². The Balaban J connectivity index is 1.60. The van der Waals surface area contributed by atoms with Crippen LogP contribution in [0.25, 0.3) is 0 Å². The third kappa shape index (κ3) is 3.01. The van der Waals surface area contributed by atoms with Gasteiger partial charge in [-0.1, -0.05) is 6.07 Å². The van der Waals surface area contributed by atoms with E-state index in [1.807, 2.05) is 18.4 Å². The van der Waals surface area contributed by atoms with Crippen LogP contribution in [0.1, 0.15) is 32.1 Å². The van der Waals surface area contributed by atoms with Crippen LogP contribution in [0.3, 0.4) is 0 Å². The highest BCUT2D eigenvalue weighted by Gasteiger charge is 2.29. The summed E-state index contributed by atoms with van der Waals surface area (Å²) in [4.78, 5) is 31.1. The zero-order valence-electron chi connectivity index (χ0n) is 12.3. The van der Waals surface area contributed by atoms with Crippen molar-refractivity contribution in [2.24, 2.45) is 0 Å². The maximum atomic E-state index is 12.3. The van der Waals surface area contributed by atoms with E-state index in [-0.39, 0.29) is 17.9 Å². The van der Waals surface area contributed by atoms with E-state index in [2.05, 4.69) is 10.3 Å². The van der Waals surface area contributed by atoms with Crippen molar-refractivity contribution in [3.8, 4) is 0 Å². The van der Waals surface area contributed by atoms with Gasteiger partial charge in [-0.05, 0) is 42.5 Å². The topological polar surface area (TPSA) is 62.3 Å². The van der Waals surface area contributed by atoms with E-state index in [9.17, 15) is 9.59 Å². The average Bonchev–Trinajstić information content (AvgIpc) is 3.16. The number of hydrogen-bond donors (Lipinski definition) is 1. The van der Waals surface area contributed by atoms with Crippen molar-refractivity contribution in [2.75, 3.05) is 13.1 Å². The standard InChI is InChI=1S/C16H17N3O2S/c1-11-6-9-22-14(11)15(20)18-12-5-8-19(10-12)16(21)13-4-2-3-7-17-13/h2-4,6-7,9,12H,5,8,10H2,1H3,(H,18,20)/t12-/m0/s1. The number of carbonyl (C=O) groups excluding carboxylic acids is 2. The van der Waals surface area contributed by atoms with Gasteiger partial charge in [0.2, 0.25) is 0 Å². The summed E-state index contributed by atoms with van der Waals surface area (Å²) >= 11 is 1.44. The third-order valence-corrected chi connectivity index (χ3v) is 4.78. The number of rotatable bonds is 3. The first-order valence-corrected chi connectivity index (χ1v) is 8.08. The molecule has 0 aliphatic carbocycles. The van der Waals surface area contributed by atoms with Gasteiger partial charge in [-0.25, -0.2) is 0 Å². The van der Waals surface area contributed by atoms with Crippen molar-refractivity contribution < 1.29 is 9.59 Å². The second kappa shape index (κ2) is 6.27. The fourth-order valence-corrected chi connectivity index (χ4v) is 3.40. The van der Waals surface area contributed by atoms with Crippen molar-refractivity contribution in [1.82, 2.24) is 15.2 Å². The van der Waals surface area contributed by atoms with E-state index in [0.717, 1.165) is 16.9 Å². The molecule has 1 saturated heterocycles. The molecule has 1 aliphatic rings. The van der Waals surface area contributed by atoms with Gasteiger partial charge in [-0.15, -0.1) is 11.3 Å². The van der Waals surface area contributed by atoms with E-state index >= 15 is 0 Å². The molecule has 0 spiro atoms. The molecule has 3 rings (SSSR count). The van der Waals surface area contributed by atoms with Gasteiger partial charge in [0.25, 0.3) is 11.8 Å². The SMILES string of the molecule is Cc1ccsc1C(=O)N[C@H]1CCN(C(=O)c2ccccn2)C1. The Kier molecular flexibility index (Phi) is 4.20. The van der Waals surface area contributed by atoms with Crippen molar-refractivity contribution in [1.29, 1.82) is 0 Å². The molecule has 0 saturated carbocycles. The van der Waals surface area contributed by atoms with Crippen LogP contribution < -0.4 is 5.32 Å². The van der Waals surface area contributed by atoms with Crippen LogP contribution >= 0.6 is 11.3 Å². The Bertz CT molecular complexity index is 684. The van der Waals surface area contributed by atoms with Crippen LogP contribution in [-0.2, 0) is 0 Å². The maximum absolute atomic E-state index is 12.3. The van der Waals surface area contributed by atoms with Crippen LogP contribution in [0.5, 0.6) is 0 Å². The Hall–Kier alpha value is -2.21. The Morgan fingerprint density at radius 3 is 2.91 bits per heavy atom. The number of pyridine rings is 1. The molecule has 2 aromatic rings. The summed E-state index contributed by atoms with van der Waals surface area (Å²) < 4.78 is 0. The van der Waals surface area contributed by atoms with Gasteiger partial charge in [0, 0.05) is 25.3 Å². The average molecular weight is 315 g/mol. The molecular formula is C16H17N3O2S. The van der Waals surface area contributed by atoms with Crippen LogP contribution in [0.4, 0.5) is 0 Å². The van der Waals surface area contributed by atoms with Gasteiger partial charge >= 0.3 is 0 Å². The zero-order chi connectivity index (χ0) is 15.5.